The molecular formula is C19H14N2. The van der Waals surface area contributed by atoms with Crippen LogP contribution in [-0.4, -0.2) is 4.98 Å². The van der Waals surface area contributed by atoms with Crippen molar-refractivity contribution in [3.05, 3.63) is 53.2 Å². The third-order valence-corrected chi connectivity index (χ3v) is 5.35. The van der Waals surface area contributed by atoms with Crippen LogP contribution in [0.15, 0.2) is 36.5 Å². The third-order valence-electron chi connectivity index (χ3n) is 5.35. The van der Waals surface area contributed by atoms with Gasteiger partial charge in [0.15, 0.2) is 0 Å². The summed E-state index contributed by atoms with van der Waals surface area (Å²) in [5.41, 5.74) is 4.77. The van der Waals surface area contributed by atoms with Crippen molar-refractivity contribution in [3.63, 3.8) is 0 Å². The maximum atomic E-state index is 9.51. The van der Waals surface area contributed by atoms with Crippen molar-refractivity contribution in [1.82, 2.24) is 4.98 Å². The molecule has 0 radical (unpaired) electrons. The highest BCUT2D eigenvalue weighted by molar-refractivity contribution is 6.09. The van der Waals surface area contributed by atoms with Crippen LogP contribution in [-0.2, 0) is 0 Å². The molecule has 1 heterocycles. The van der Waals surface area contributed by atoms with E-state index in [1.807, 2.05) is 18.2 Å². The number of rotatable bonds is 0. The number of pyridine rings is 1. The molecule has 2 bridgehead atoms. The maximum absolute atomic E-state index is 9.51. The molecule has 100 valence electrons. The van der Waals surface area contributed by atoms with Crippen LogP contribution in [0.3, 0.4) is 0 Å². The van der Waals surface area contributed by atoms with Crippen LogP contribution in [0.2, 0.25) is 0 Å². The molecule has 2 atom stereocenters. The molecule has 2 aliphatic rings. The van der Waals surface area contributed by atoms with Gasteiger partial charge in [-0.15, -0.1) is 0 Å². The van der Waals surface area contributed by atoms with Crippen LogP contribution in [0.5, 0.6) is 0 Å². The largest absolute Gasteiger partial charge is 0.255 e. The summed E-state index contributed by atoms with van der Waals surface area (Å²) in [6.45, 7) is 0. The van der Waals surface area contributed by atoms with Gasteiger partial charge in [0.05, 0.1) is 17.1 Å². The van der Waals surface area contributed by atoms with Gasteiger partial charge in [0, 0.05) is 22.4 Å². The Balaban J connectivity index is 2.00. The van der Waals surface area contributed by atoms with E-state index in [-0.39, 0.29) is 0 Å². The second kappa shape index (κ2) is 3.83. The number of aromatic nitrogens is 1. The molecule has 2 nitrogen and oxygen atoms in total. The smallest absolute Gasteiger partial charge is 0.0998 e. The Kier molecular flexibility index (Phi) is 2.06. The molecule has 21 heavy (non-hydrogen) atoms. The number of hydrogen-bond acceptors (Lipinski definition) is 2. The standard InChI is InChI=1S/C19H14N2/c20-9-13-8-16-18-12-6-5-11(7-12)17(18)10-21-19(16)15-4-2-1-3-14(13)15/h1-4,8,10-12H,5-7H2. The van der Waals surface area contributed by atoms with Gasteiger partial charge in [0.25, 0.3) is 0 Å². The molecule has 2 aromatic carbocycles. The van der Waals surface area contributed by atoms with Crippen molar-refractivity contribution < 1.29 is 0 Å². The lowest BCUT2D eigenvalue weighted by atomic mass is 9.88. The van der Waals surface area contributed by atoms with Crippen LogP contribution in [0.25, 0.3) is 21.7 Å². The van der Waals surface area contributed by atoms with Gasteiger partial charge in [0.2, 0.25) is 0 Å². The molecule has 0 amide bonds. The Labute approximate surface area is 123 Å². The van der Waals surface area contributed by atoms with Gasteiger partial charge < -0.3 is 0 Å². The van der Waals surface area contributed by atoms with Crippen molar-refractivity contribution in [2.45, 2.75) is 31.1 Å². The fourth-order valence-electron chi connectivity index (χ4n) is 4.46. The molecule has 1 saturated carbocycles. The number of benzene rings is 2. The minimum absolute atomic E-state index is 0.684. The van der Waals surface area contributed by atoms with E-state index in [2.05, 4.69) is 24.4 Å². The summed E-state index contributed by atoms with van der Waals surface area (Å²) in [5.74, 6) is 1.39. The van der Waals surface area contributed by atoms with Crippen LogP contribution < -0.4 is 0 Å². The summed E-state index contributed by atoms with van der Waals surface area (Å²) in [4.78, 5) is 4.77. The van der Waals surface area contributed by atoms with Crippen LogP contribution >= 0.6 is 0 Å². The minimum atomic E-state index is 0.684. The van der Waals surface area contributed by atoms with Gasteiger partial charge in [0.1, 0.15) is 0 Å². The second-order valence-corrected chi connectivity index (χ2v) is 6.31. The number of nitriles is 1. The van der Waals surface area contributed by atoms with Crippen molar-refractivity contribution >= 4 is 21.7 Å². The number of fused-ring (bicyclic) bond motifs is 9. The Morgan fingerprint density at radius 1 is 1.05 bits per heavy atom. The zero-order valence-electron chi connectivity index (χ0n) is 11.6. The summed E-state index contributed by atoms with van der Waals surface area (Å²) in [7, 11) is 0. The highest BCUT2D eigenvalue weighted by atomic mass is 14.7. The number of hydrogen-bond donors (Lipinski definition) is 0. The summed E-state index contributed by atoms with van der Waals surface area (Å²) in [6.07, 6.45) is 5.99. The lowest BCUT2D eigenvalue weighted by molar-refractivity contribution is 0.719. The summed E-state index contributed by atoms with van der Waals surface area (Å²) in [5, 5.41) is 12.8. The monoisotopic (exact) mass is 270 g/mol. The van der Waals surface area contributed by atoms with Crippen molar-refractivity contribution in [2.75, 3.05) is 0 Å². The summed E-state index contributed by atoms with van der Waals surface area (Å²) >= 11 is 0. The Hall–Kier alpha value is -2.40. The minimum Gasteiger partial charge on any atom is -0.255 e. The van der Waals surface area contributed by atoms with Crippen LogP contribution in [0.1, 0.15) is 47.8 Å². The van der Waals surface area contributed by atoms with E-state index in [1.54, 1.807) is 0 Å². The first-order valence-electron chi connectivity index (χ1n) is 7.61. The Morgan fingerprint density at radius 3 is 2.71 bits per heavy atom. The van der Waals surface area contributed by atoms with Crippen LogP contribution in [0, 0.1) is 11.3 Å². The van der Waals surface area contributed by atoms with Gasteiger partial charge in [-0.3, -0.25) is 4.98 Å². The van der Waals surface area contributed by atoms with E-state index in [4.69, 9.17) is 4.98 Å². The maximum Gasteiger partial charge on any atom is 0.0998 e. The molecule has 2 heteroatoms. The normalized spacial score (nSPS) is 22.6. The molecular weight excluding hydrogens is 256 g/mol. The van der Waals surface area contributed by atoms with Gasteiger partial charge in [-0.05, 0) is 48.3 Å². The molecule has 0 aliphatic heterocycles. The van der Waals surface area contributed by atoms with E-state index in [9.17, 15) is 5.26 Å². The van der Waals surface area contributed by atoms with Gasteiger partial charge in [-0.2, -0.15) is 5.26 Å². The zero-order valence-corrected chi connectivity index (χ0v) is 11.6. The first-order valence-corrected chi connectivity index (χ1v) is 7.61. The fourth-order valence-corrected chi connectivity index (χ4v) is 4.46. The van der Waals surface area contributed by atoms with Crippen LogP contribution in [0.4, 0.5) is 0 Å². The zero-order chi connectivity index (χ0) is 14.0. The first-order chi connectivity index (χ1) is 10.4. The molecule has 2 aliphatic carbocycles. The molecule has 0 saturated heterocycles. The average molecular weight is 270 g/mol. The SMILES string of the molecule is N#Cc1cc2c3c(cnc2c2ccccc12)C1CCC3C1. The molecule has 5 rings (SSSR count). The van der Waals surface area contributed by atoms with Gasteiger partial charge >= 0.3 is 0 Å². The molecule has 2 unspecified atom stereocenters. The van der Waals surface area contributed by atoms with E-state index in [1.165, 1.54) is 35.8 Å². The predicted octanol–water partition coefficient (Wildman–Crippen LogP) is 4.62. The topological polar surface area (TPSA) is 36.7 Å². The van der Waals surface area contributed by atoms with Crippen molar-refractivity contribution in [1.29, 1.82) is 5.26 Å². The lowest BCUT2D eigenvalue weighted by Gasteiger charge is -2.18. The molecule has 3 aromatic rings. The third kappa shape index (κ3) is 1.34. The lowest BCUT2D eigenvalue weighted by Crippen LogP contribution is -2.01. The predicted molar refractivity (Wildman–Crippen MR) is 83.3 cm³/mol. The molecule has 1 aromatic heterocycles. The van der Waals surface area contributed by atoms with Crippen molar-refractivity contribution in [3.8, 4) is 6.07 Å². The Morgan fingerprint density at radius 2 is 1.86 bits per heavy atom. The second-order valence-electron chi connectivity index (χ2n) is 6.31. The van der Waals surface area contributed by atoms with Gasteiger partial charge in [-0.1, -0.05) is 24.3 Å². The summed E-state index contributed by atoms with van der Waals surface area (Å²) < 4.78 is 0. The highest BCUT2D eigenvalue weighted by Crippen LogP contribution is 2.55. The van der Waals surface area contributed by atoms with E-state index < -0.39 is 0 Å². The van der Waals surface area contributed by atoms with E-state index >= 15 is 0 Å². The van der Waals surface area contributed by atoms with Crippen molar-refractivity contribution in [2.24, 2.45) is 0 Å². The van der Waals surface area contributed by atoms with Gasteiger partial charge in [-0.25, -0.2) is 0 Å². The van der Waals surface area contributed by atoms with E-state index in [0.717, 1.165) is 21.9 Å². The average Bonchev–Trinajstić information content (AvgIpc) is 3.15. The summed E-state index contributed by atoms with van der Waals surface area (Å²) in [6, 6.07) is 12.6. The molecule has 1 fully saturated rings. The Bertz CT molecular complexity index is 949. The molecule has 0 N–H and O–H groups in total. The highest BCUT2D eigenvalue weighted by Gasteiger charge is 2.38. The molecule has 0 spiro atoms. The first kappa shape index (κ1) is 11.3. The number of nitrogens with zero attached hydrogens (tertiary/aromatic N) is 2. The van der Waals surface area contributed by atoms with E-state index in [0.29, 0.717) is 11.8 Å². The fraction of sp³-hybridized carbons (Fsp3) is 0.263. The quantitative estimate of drug-likeness (QED) is 0.559.